The van der Waals surface area contributed by atoms with E-state index in [-0.39, 0.29) is 5.91 Å². The number of hydrogen-bond acceptors (Lipinski definition) is 6. The standard InChI is InChI=1S/C16H19N3O3S/c1-16(2,9-17)19-14(20)11-8-23-15(18-11)10-3-4-12-13(7-10)22-6-5-21-12/h3-4,7-8H,5-6,9,17H2,1-2H3,(H,19,20). The summed E-state index contributed by atoms with van der Waals surface area (Å²) in [6.07, 6.45) is 0. The van der Waals surface area contributed by atoms with E-state index in [0.29, 0.717) is 31.2 Å². The van der Waals surface area contributed by atoms with Crippen LogP contribution >= 0.6 is 11.3 Å². The molecular formula is C16H19N3O3S. The third-order valence-electron chi connectivity index (χ3n) is 3.49. The average Bonchev–Trinajstić information content (AvgIpc) is 3.04. The Kier molecular flexibility index (Phi) is 4.23. The van der Waals surface area contributed by atoms with E-state index in [1.54, 1.807) is 5.38 Å². The number of aromatic nitrogens is 1. The van der Waals surface area contributed by atoms with Gasteiger partial charge in [-0.3, -0.25) is 4.79 Å². The quantitative estimate of drug-likeness (QED) is 0.894. The predicted octanol–water partition coefficient (Wildman–Crippen LogP) is 2.05. The number of nitrogens with two attached hydrogens (primary N) is 1. The van der Waals surface area contributed by atoms with Crippen LogP contribution in [0.25, 0.3) is 10.6 Å². The number of rotatable bonds is 4. The molecule has 0 radical (unpaired) electrons. The summed E-state index contributed by atoms with van der Waals surface area (Å²) in [5, 5.41) is 5.38. The fraction of sp³-hybridized carbons (Fsp3) is 0.375. The van der Waals surface area contributed by atoms with Crippen LogP contribution < -0.4 is 20.5 Å². The van der Waals surface area contributed by atoms with Crippen LogP contribution in [-0.2, 0) is 0 Å². The van der Waals surface area contributed by atoms with Gasteiger partial charge in [0.05, 0.1) is 0 Å². The summed E-state index contributed by atoms with van der Waals surface area (Å²) in [5.41, 5.74) is 6.46. The molecule has 0 saturated heterocycles. The first-order valence-corrected chi connectivity index (χ1v) is 8.24. The van der Waals surface area contributed by atoms with Gasteiger partial charge in [-0.15, -0.1) is 11.3 Å². The van der Waals surface area contributed by atoms with Crippen LogP contribution in [0, 0.1) is 0 Å². The Morgan fingerprint density at radius 1 is 1.35 bits per heavy atom. The number of carbonyl (C=O) groups excluding carboxylic acids is 1. The maximum atomic E-state index is 12.2. The van der Waals surface area contributed by atoms with Crippen molar-refractivity contribution >= 4 is 17.2 Å². The molecule has 0 spiro atoms. The largest absolute Gasteiger partial charge is 0.486 e. The van der Waals surface area contributed by atoms with Gasteiger partial charge in [-0.2, -0.15) is 0 Å². The molecule has 23 heavy (non-hydrogen) atoms. The van der Waals surface area contributed by atoms with Crippen molar-refractivity contribution in [3.63, 3.8) is 0 Å². The van der Waals surface area contributed by atoms with E-state index in [4.69, 9.17) is 15.2 Å². The number of ether oxygens (including phenoxy) is 2. The van der Waals surface area contributed by atoms with Crippen molar-refractivity contribution in [2.75, 3.05) is 19.8 Å². The number of fused-ring (bicyclic) bond motifs is 1. The predicted molar refractivity (Wildman–Crippen MR) is 89.1 cm³/mol. The normalized spacial score (nSPS) is 13.7. The Morgan fingerprint density at radius 2 is 2.09 bits per heavy atom. The summed E-state index contributed by atoms with van der Waals surface area (Å²) in [5.74, 6) is 1.22. The highest BCUT2D eigenvalue weighted by atomic mass is 32.1. The van der Waals surface area contributed by atoms with E-state index in [1.165, 1.54) is 11.3 Å². The summed E-state index contributed by atoms with van der Waals surface area (Å²) in [7, 11) is 0. The van der Waals surface area contributed by atoms with E-state index < -0.39 is 5.54 Å². The van der Waals surface area contributed by atoms with Gasteiger partial charge in [-0.1, -0.05) is 0 Å². The van der Waals surface area contributed by atoms with Crippen LogP contribution in [0.5, 0.6) is 11.5 Å². The number of carbonyl (C=O) groups is 1. The number of nitrogens with one attached hydrogen (secondary N) is 1. The van der Waals surface area contributed by atoms with Gasteiger partial charge >= 0.3 is 0 Å². The van der Waals surface area contributed by atoms with Gasteiger partial charge in [0.15, 0.2) is 11.5 Å². The Bertz CT molecular complexity index is 727. The van der Waals surface area contributed by atoms with Crippen molar-refractivity contribution in [1.29, 1.82) is 0 Å². The minimum Gasteiger partial charge on any atom is -0.486 e. The zero-order chi connectivity index (χ0) is 16.4. The molecule has 0 unspecified atom stereocenters. The smallest absolute Gasteiger partial charge is 0.271 e. The topological polar surface area (TPSA) is 86.5 Å². The third-order valence-corrected chi connectivity index (χ3v) is 4.38. The number of thiazole rings is 1. The molecule has 0 aliphatic carbocycles. The highest BCUT2D eigenvalue weighted by Gasteiger charge is 2.21. The minimum absolute atomic E-state index is 0.222. The molecular weight excluding hydrogens is 314 g/mol. The molecule has 2 heterocycles. The molecule has 7 heteroatoms. The lowest BCUT2D eigenvalue weighted by Crippen LogP contribution is -2.48. The second kappa shape index (κ2) is 6.17. The lowest BCUT2D eigenvalue weighted by molar-refractivity contribution is 0.0911. The Labute approximate surface area is 138 Å². The second-order valence-corrected chi connectivity index (χ2v) is 6.80. The summed E-state index contributed by atoms with van der Waals surface area (Å²) in [4.78, 5) is 16.6. The summed E-state index contributed by atoms with van der Waals surface area (Å²) in [6.45, 7) is 5.21. The number of benzene rings is 1. The van der Waals surface area contributed by atoms with Crippen molar-refractivity contribution in [3.8, 4) is 22.1 Å². The highest BCUT2D eigenvalue weighted by molar-refractivity contribution is 7.13. The molecule has 1 aromatic carbocycles. The van der Waals surface area contributed by atoms with Crippen LogP contribution in [-0.4, -0.2) is 36.2 Å². The Hall–Kier alpha value is -2.12. The van der Waals surface area contributed by atoms with Crippen LogP contribution in [0.4, 0.5) is 0 Å². The van der Waals surface area contributed by atoms with Crippen molar-refractivity contribution in [2.24, 2.45) is 5.73 Å². The van der Waals surface area contributed by atoms with E-state index in [9.17, 15) is 4.79 Å². The lowest BCUT2D eigenvalue weighted by atomic mass is 10.1. The molecule has 1 amide bonds. The molecule has 0 atom stereocenters. The average molecular weight is 333 g/mol. The number of amides is 1. The summed E-state index contributed by atoms with van der Waals surface area (Å²) >= 11 is 1.42. The molecule has 3 rings (SSSR count). The van der Waals surface area contributed by atoms with Crippen LogP contribution in [0.2, 0.25) is 0 Å². The first kappa shape index (κ1) is 15.8. The van der Waals surface area contributed by atoms with Gasteiger partial charge in [-0.05, 0) is 32.0 Å². The molecule has 0 saturated carbocycles. The fourth-order valence-corrected chi connectivity index (χ4v) is 2.91. The van der Waals surface area contributed by atoms with Crippen molar-refractivity contribution in [3.05, 3.63) is 29.3 Å². The summed E-state index contributed by atoms with van der Waals surface area (Å²) < 4.78 is 11.1. The second-order valence-electron chi connectivity index (χ2n) is 5.94. The van der Waals surface area contributed by atoms with Gasteiger partial charge in [0.1, 0.15) is 23.9 Å². The van der Waals surface area contributed by atoms with Crippen LogP contribution in [0.1, 0.15) is 24.3 Å². The van der Waals surface area contributed by atoms with Crippen molar-refractivity contribution in [2.45, 2.75) is 19.4 Å². The molecule has 1 aliphatic heterocycles. The molecule has 0 fully saturated rings. The molecule has 1 aliphatic rings. The Morgan fingerprint density at radius 3 is 2.83 bits per heavy atom. The van der Waals surface area contributed by atoms with Gasteiger partial charge in [-0.25, -0.2) is 4.98 Å². The first-order valence-electron chi connectivity index (χ1n) is 7.37. The SMILES string of the molecule is CC(C)(CN)NC(=O)c1csc(-c2ccc3c(c2)OCCO3)n1. The van der Waals surface area contributed by atoms with Crippen molar-refractivity contribution < 1.29 is 14.3 Å². The summed E-state index contributed by atoms with van der Waals surface area (Å²) in [6, 6.07) is 5.67. The molecule has 6 nitrogen and oxygen atoms in total. The van der Waals surface area contributed by atoms with Gasteiger partial charge in [0, 0.05) is 23.0 Å². The van der Waals surface area contributed by atoms with Gasteiger partial charge in [0.2, 0.25) is 0 Å². The zero-order valence-electron chi connectivity index (χ0n) is 13.1. The maximum Gasteiger partial charge on any atom is 0.271 e. The van der Waals surface area contributed by atoms with E-state index >= 15 is 0 Å². The maximum absolute atomic E-state index is 12.2. The molecule has 0 bridgehead atoms. The number of hydrogen-bond donors (Lipinski definition) is 2. The third kappa shape index (κ3) is 3.46. The lowest BCUT2D eigenvalue weighted by Gasteiger charge is -2.23. The van der Waals surface area contributed by atoms with Crippen LogP contribution in [0.3, 0.4) is 0 Å². The number of nitrogens with zero attached hydrogens (tertiary/aromatic N) is 1. The zero-order valence-corrected chi connectivity index (χ0v) is 13.9. The molecule has 2 aromatic rings. The molecule has 1 aromatic heterocycles. The first-order chi connectivity index (χ1) is 11.0. The van der Waals surface area contributed by atoms with E-state index in [1.807, 2.05) is 32.0 Å². The highest BCUT2D eigenvalue weighted by Crippen LogP contribution is 2.35. The van der Waals surface area contributed by atoms with Gasteiger partial charge < -0.3 is 20.5 Å². The molecule has 3 N–H and O–H groups in total. The monoisotopic (exact) mass is 333 g/mol. The Balaban J connectivity index is 1.80. The molecule has 122 valence electrons. The van der Waals surface area contributed by atoms with Crippen molar-refractivity contribution in [1.82, 2.24) is 10.3 Å². The van der Waals surface area contributed by atoms with Crippen LogP contribution in [0.15, 0.2) is 23.6 Å². The van der Waals surface area contributed by atoms with E-state index in [0.717, 1.165) is 16.3 Å². The van der Waals surface area contributed by atoms with E-state index in [2.05, 4.69) is 10.3 Å². The minimum atomic E-state index is -0.460. The fourth-order valence-electron chi connectivity index (χ4n) is 2.11. The van der Waals surface area contributed by atoms with Gasteiger partial charge in [0.25, 0.3) is 5.91 Å².